The number of anilines is 3. The Kier molecular flexibility index (Phi) is 3.96. The Labute approximate surface area is 144 Å². The van der Waals surface area contributed by atoms with Crippen molar-refractivity contribution in [2.24, 2.45) is 0 Å². The summed E-state index contributed by atoms with van der Waals surface area (Å²) < 4.78 is 1.84. The van der Waals surface area contributed by atoms with Crippen LogP contribution in [0, 0.1) is 11.3 Å². The minimum absolute atomic E-state index is 0.276. The summed E-state index contributed by atoms with van der Waals surface area (Å²) in [5, 5.41) is 11.8. The first-order valence-corrected chi connectivity index (χ1v) is 8.06. The van der Waals surface area contributed by atoms with Gasteiger partial charge in [0.25, 0.3) is 0 Å². The van der Waals surface area contributed by atoms with Gasteiger partial charge < -0.3 is 10.2 Å². The summed E-state index contributed by atoms with van der Waals surface area (Å²) in [7, 11) is 0. The number of nitriles is 1. The Balaban J connectivity index is 1.47. The van der Waals surface area contributed by atoms with Crippen molar-refractivity contribution >= 4 is 17.3 Å². The minimum Gasteiger partial charge on any atom is -0.370 e. The second-order valence-corrected chi connectivity index (χ2v) is 5.76. The van der Waals surface area contributed by atoms with E-state index in [1.807, 2.05) is 29.1 Å². The molecule has 0 aliphatic carbocycles. The first-order valence-electron chi connectivity index (χ1n) is 8.06. The fourth-order valence-corrected chi connectivity index (χ4v) is 2.79. The van der Waals surface area contributed by atoms with Crippen molar-refractivity contribution in [3.8, 4) is 11.9 Å². The summed E-state index contributed by atoms with van der Waals surface area (Å²) >= 11 is 0. The lowest BCUT2D eigenvalue weighted by molar-refractivity contribution is 0.945. The van der Waals surface area contributed by atoms with E-state index in [0.29, 0.717) is 11.6 Å². The maximum atomic E-state index is 8.74. The van der Waals surface area contributed by atoms with Crippen LogP contribution in [0.25, 0.3) is 5.82 Å². The standard InChI is InChI=1S/C17H16N8/c18-7-13-8-20-15(10-19-13)23-16-11-25(12-22-16)17-4-3-14(9-21-17)24-5-1-2-6-24/h3-4,8-12H,1-2,5-6H2,(H,20,23). The Morgan fingerprint density at radius 3 is 2.52 bits per heavy atom. The van der Waals surface area contributed by atoms with E-state index in [0.717, 1.165) is 24.6 Å². The topological polar surface area (TPSA) is 95.6 Å². The molecule has 0 saturated carbocycles. The van der Waals surface area contributed by atoms with Gasteiger partial charge in [-0.1, -0.05) is 0 Å². The van der Waals surface area contributed by atoms with Gasteiger partial charge >= 0.3 is 0 Å². The van der Waals surface area contributed by atoms with Crippen molar-refractivity contribution in [1.29, 1.82) is 5.26 Å². The normalized spacial score (nSPS) is 13.6. The van der Waals surface area contributed by atoms with Crippen LogP contribution in [0.4, 0.5) is 17.3 Å². The molecule has 0 spiro atoms. The molecule has 0 radical (unpaired) electrons. The molecule has 1 aliphatic heterocycles. The van der Waals surface area contributed by atoms with E-state index in [2.05, 4.69) is 36.2 Å². The molecule has 25 heavy (non-hydrogen) atoms. The van der Waals surface area contributed by atoms with Gasteiger partial charge in [-0.05, 0) is 25.0 Å². The smallest absolute Gasteiger partial charge is 0.158 e. The molecule has 0 aromatic carbocycles. The van der Waals surface area contributed by atoms with Crippen LogP contribution in [0.1, 0.15) is 18.5 Å². The van der Waals surface area contributed by atoms with E-state index >= 15 is 0 Å². The van der Waals surface area contributed by atoms with E-state index in [1.165, 1.54) is 25.2 Å². The van der Waals surface area contributed by atoms with E-state index in [1.54, 1.807) is 6.33 Å². The van der Waals surface area contributed by atoms with Crippen molar-refractivity contribution in [1.82, 2.24) is 24.5 Å². The molecule has 3 aromatic heterocycles. The summed E-state index contributed by atoms with van der Waals surface area (Å²) in [5.41, 5.74) is 1.44. The SMILES string of the molecule is N#Cc1cnc(Nc2cn(-c3ccc(N4CCCC4)cn3)cn2)cn1. The van der Waals surface area contributed by atoms with E-state index in [4.69, 9.17) is 5.26 Å². The van der Waals surface area contributed by atoms with Gasteiger partial charge in [0.05, 0.1) is 30.5 Å². The molecule has 8 heteroatoms. The fraction of sp³-hybridized carbons (Fsp3) is 0.235. The van der Waals surface area contributed by atoms with Crippen LogP contribution in [0.3, 0.4) is 0 Å². The van der Waals surface area contributed by atoms with Crippen LogP contribution >= 0.6 is 0 Å². The molecule has 0 amide bonds. The molecule has 3 aromatic rings. The Bertz CT molecular complexity index is 886. The average Bonchev–Trinajstić information content (AvgIpc) is 3.35. The highest BCUT2D eigenvalue weighted by atomic mass is 15.2. The summed E-state index contributed by atoms with van der Waals surface area (Å²) in [5.74, 6) is 1.96. The molecule has 0 bridgehead atoms. The van der Waals surface area contributed by atoms with Crippen molar-refractivity contribution in [2.75, 3.05) is 23.3 Å². The summed E-state index contributed by atoms with van der Waals surface area (Å²) in [6.07, 6.45) is 10.8. The van der Waals surface area contributed by atoms with Gasteiger partial charge in [0.15, 0.2) is 5.69 Å². The second kappa shape index (κ2) is 6.57. The van der Waals surface area contributed by atoms with Gasteiger partial charge in [-0.2, -0.15) is 5.26 Å². The zero-order chi connectivity index (χ0) is 17.1. The second-order valence-electron chi connectivity index (χ2n) is 5.76. The van der Waals surface area contributed by atoms with Crippen molar-refractivity contribution in [2.45, 2.75) is 12.8 Å². The molecule has 0 atom stereocenters. The number of hydrogen-bond acceptors (Lipinski definition) is 7. The number of aromatic nitrogens is 5. The van der Waals surface area contributed by atoms with Crippen molar-refractivity contribution in [3.63, 3.8) is 0 Å². The lowest BCUT2D eigenvalue weighted by atomic mass is 10.3. The maximum Gasteiger partial charge on any atom is 0.158 e. The number of pyridine rings is 1. The van der Waals surface area contributed by atoms with E-state index in [9.17, 15) is 0 Å². The first kappa shape index (κ1) is 15.1. The number of nitrogens with zero attached hydrogens (tertiary/aromatic N) is 7. The van der Waals surface area contributed by atoms with Gasteiger partial charge in [0.1, 0.15) is 29.9 Å². The molecule has 4 rings (SSSR count). The molecule has 4 heterocycles. The third kappa shape index (κ3) is 3.26. The Morgan fingerprint density at radius 2 is 1.84 bits per heavy atom. The molecular weight excluding hydrogens is 316 g/mol. The number of rotatable bonds is 4. The molecule has 1 fully saturated rings. The van der Waals surface area contributed by atoms with E-state index < -0.39 is 0 Å². The van der Waals surface area contributed by atoms with Gasteiger partial charge in [-0.3, -0.25) is 4.57 Å². The average molecular weight is 332 g/mol. The van der Waals surface area contributed by atoms with Crippen LogP contribution in [-0.4, -0.2) is 37.6 Å². The molecule has 1 saturated heterocycles. The summed E-state index contributed by atoms with van der Waals surface area (Å²) in [4.78, 5) is 19.3. The third-order valence-electron chi connectivity index (χ3n) is 4.07. The van der Waals surface area contributed by atoms with Crippen molar-refractivity contribution < 1.29 is 0 Å². The van der Waals surface area contributed by atoms with Crippen LogP contribution < -0.4 is 10.2 Å². The molecule has 0 unspecified atom stereocenters. The molecule has 1 N–H and O–H groups in total. The lowest BCUT2D eigenvalue weighted by Gasteiger charge is -2.17. The maximum absolute atomic E-state index is 8.74. The highest BCUT2D eigenvalue weighted by Gasteiger charge is 2.12. The zero-order valence-corrected chi connectivity index (χ0v) is 13.5. The predicted octanol–water partition coefficient (Wildman–Crippen LogP) is 2.27. The van der Waals surface area contributed by atoms with Crippen LogP contribution in [-0.2, 0) is 0 Å². The monoisotopic (exact) mass is 332 g/mol. The lowest BCUT2D eigenvalue weighted by Crippen LogP contribution is -2.17. The van der Waals surface area contributed by atoms with Crippen LogP contribution in [0.2, 0.25) is 0 Å². The molecular formula is C17H16N8. The highest BCUT2D eigenvalue weighted by Crippen LogP contribution is 2.20. The molecule has 1 aliphatic rings. The van der Waals surface area contributed by atoms with E-state index in [-0.39, 0.29) is 5.69 Å². The first-order chi connectivity index (χ1) is 12.3. The Hall–Kier alpha value is -3.47. The number of hydrogen-bond donors (Lipinski definition) is 1. The predicted molar refractivity (Wildman–Crippen MR) is 92.8 cm³/mol. The third-order valence-corrected chi connectivity index (χ3v) is 4.07. The summed E-state index contributed by atoms with van der Waals surface area (Å²) in [6, 6.07) is 6.01. The highest BCUT2D eigenvalue weighted by molar-refractivity contribution is 5.51. The van der Waals surface area contributed by atoms with Crippen LogP contribution in [0.15, 0.2) is 43.2 Å². The van der Waals surface area contributed by atoms with Gasteiger partial charge in [-0.25, -0.2) is 19.9 Å². The molecule has 124 valence electrons. The largest absolute Gasteiger partial charge is 0.370 e. The number of imidazole rings is 1. The van der Waals surface area contributed by atoms with Gasteiger partial charge in [0.2, 0.25) is 0 Å². The minimum atomic E-state index is 0.276. The van der Waals surface area contributed by atoms with Gasteiger partial charge in [-0.15, -0.1) is 0 Å². The molecule has 8 nitrogen and oxygen atoms in total. The quantitative estimate of drug-likeness (QED) is 0.783. The number of nitrogens with one attached hydrogen (secondary N) is 1. The fourth-order valence-electron chi connectivity index (χ4n) is 2.79. The summed E-state index contributed by atoms with van der Waals surface area (Å²) in [6.45, 7) is 2.21. The Morgan fingerprint density at radius 1 is 0.960 bits per heavy atom. The van der Waals surface area contributed by atoms with Crippen molar-refractivity contribution in [3.05, 3.63) is 48.9 Å². The van der Waals surface area contributed by atoms with Crippen LogP contribution in [0.5, 0.6) is 0 Å². The van der Waals surface area contributed by atoms with Gasteiger partial charge in [0, 0.05) is 13.1 Å². The zero-order valence-electron chi connectivity index (χ0n) is 13.5.